The molecule has 0 amide bonds. The Kier molecular flexibility index (Phi) is 5.71. The molecule has 0 saturated heterocycles. The van der Waals surface area contributed by atoms with Crippen LogP contribution in [0.25, 0.3) is 5.57 Å². The SMILES string of the molecule is C=C/C(Oc1ccc(C)cc1C)=C(\C=C)c1csc(/N=C(/C)N)n1. The van der Waals surface area contributed by atoms with E-state index in [1.807, 2.05) is 31.4 Å². The summed E-state index contributed by atoms with van der Waals surface area (Å²) in [5.41, 5.74) is 9.34. The Morgan fingerprint density at radius 2 is 2.04 bits per heavy atom. The molecule has 4 nitrogen and oxygen atoms in total. The molecular weight excluding hydrogens is 318 g/mol. The lowest BCUT2D eigenvalue weighted by Crippen LogP contribution is -2.03. The summed E-state index contributed by atoms with van der Waals surface area (Å²) >= 11 is 1.41. The van der Waals surface area contributed by atoms with E-state index in [1.165, 1.54) is 16.9 Å². The monoisotopic (exact) mass is 339 g/mol. The maximum atomic E-state index is 6.04. The number of amidine groups is 1. The third-order valence-electron chi connectivity index (χ3n) is 3.25. The molecule has 124 valence electrons. The van der Waals surface area contributed by atoms with E-state index < -0.39 is 0 Å². The van der Waals surface area contributed by atoms with Gasteiger partial charge in [-0.3, -0.25) is 0 Å². The third-order valence-corrected chi connectivity index (χ3v) is 3.98. The second kappa shape index (κ2) is 7.75. The van der Waals surface area contributed by atoms with Crippen molar-refractivity contribution in [3.63, 3.8) is 0 Å². The van der Waals surface area contributed by atoms with Crippen molar-refractivity contribution in [3.05, 3.63) is 71.5 Å². The summed E-state index contributed by atoms with van der Waals surface area (Å²) in [5, 5.41) is 2.49. The second-order valence-electron chi connectivity index (χ2n) is 5.33. The first-order valence-electron chi connectivity index (χ1n) is 7.45. The third kappa shape index (κ3) is 4.20. The van der Waals surface area contributed by atoms with Crippen LogP contribution in [0.4, 0.5) is 5.13 Å². The minimum Gasteiger partial charge on any atom is -0.456 e. The molecule has 0 spiro atoms. The minimum atomic E-state index is 0.468. The number of aliphatic imine (C=N–C) groups is 1. The van der Waals surface area contributed by atoms with Gasteiger partial charge in [-0.2, -0.15) is 0 Å². The molecule has 0 saturated carbocycles. The van der Waals surface area contributed by atoms with Gasteiger partial charge >= 0.3 is 0 Å². The minimum absolute atomic E-state index is 0.468. The number of aromatic nitrogens is 1. The van der Waals surface area contributed by atoms with Crippen LogP contribution < -0.4 is 10.5 Å². The highest BCUT2D eigenvalue weighted by atomic mass is 32.1. The van der Waals surface area contributed by atoms with Gasteiger partial charge < -0.3 is 10.5 Å². The Morgan fingerprint density at radius 3 is 2.62 bits per heavy atom. The number of aryl methyl sites for hydroxylation is 2. The summed E-state index contributed by atoms with van der Waals surface area (Å²) in [4.78, 5) is 8.63. The predicted molar refractivity (Wildman–Crippen MR) is 103 cm³/mol. The quantitative estimate of drug-likeness (QED) is 0.351. The average molecular weight is 339 g/mol. The molecule has 0 unspecified atom stereocenters. The van der Waals surface area contributed by atoms with E-state index in [2.05, 4.69) is 29.2 Å². The smallest absolute Gasteiger partial charge is 0.211 e. The zero-order chi connectivity index (χ0) is 17.7. The van der Waals surface area contributed by atoms with E-state index in [1.54, 1.807) is 19.1 Å². The molecule has 24 heavy (non-hydrogen) atoms. The number of nitrogens with two attached hydrogens (primary N) is 1. The summed E-state index contributed by atoms with van der Waals surface area (Å²) in [7, 11) is 0. The van der Waals surface area contributed by atoms with Crippen molar-refractivity contribution in [2.75, 3.05) is 0 Å². The number of nitrogens with zero attached hydrogens (tertiary/aromatic N) is 2. The van der Waals surface area contributed by atoms with Crippen LogP contribution in [0.5, 0.6) is 5.75 Å². The van der Waals surface area contributed by atoms with Gasteiger partial charge in [-0.25, -0.2) is 9.98 Å². The van der Waals surface area contributed by atoms with Gasteiger partial charge in [0.1, 0.15) is 11.5 Å². The Balaban J connectivity index is 2.42. The number of ether oxygens (including phenoxy) is 1. The molecule has 0 bridgehead atoms. The van der Waals surface area contributed by atoms with Crippen molar-refractivity contribution in [2.24, 2.45) is 10.7 Å². The lowest BCUT2D eigenvalue weighted by molar-refractivity contribution is 0.444. The lowest BCUT2D eigenvalue weighted by Gasteiger charge is -2.12. The molecule has 2 rings (SSSR count). The van der Waals surface area contributed by atoms with Crippen LogP contribution in [0, 0.1) is 13.8 Å². The maximum Gasteiger partial charge on any atom is 0.211 e. The number of hydrogen-bond donors (Lipinski definition) is 1. The Hall–Kier alpha value is -2.66. The lowest BCUT2D eigenvalue weighted by atomic mass is 10.1. The van der Waals surface area contributed by atoms with Crippen molar-refractivity contribution in [2.45, 2.75) is 20.8 Å². The standard InChI is InChI=1S/C19H21N3OS/c1-6-15(16-11-24-19(22-16)21-14(5)20)17(7-2)23-18-9-8-12(3)10-13(18)4/h6-11H,1-2H2,3-5H3,(H2,20,21,22)/b17-15-. The summed E-state index contributed by atoms with van der Waals surface area (Å²) < 4.78 is 6.04. The van der Waals surface area contributed by atoms with Crippen LogP contribution in [0.2, 0.25) is 0 Å². The van der Waals surface area contributed by atoms with E-state index in [0.29, 0.717) is 16.7 Å². The first-order chi connectivity index (χ1) is 11.4. The normalized spacial score (nSPS) is 12.5. The molecule has 0 fully saturated rings. The van der Waals surface area contributed by atoms with Crippen LogP contribution in [0.15, 0.2) is 59.6 Å². The highest BCUT2D eigenvalue weighted by Gasteiger charge is 2.12. The second-order valence-corrected chi connectivity index (χ2v) is 6.16. The van der Waals surface area contributed by atoms with E-state index >= 15 is 0 Å². The van der Waals surface area contributed by atoms with Crippen LogP contribution in [-0.2, 0) is 0 Å². The van der Waals surface area contributed by atoms with Gasteiger partial charge in [0.05, 0.1) is 11.5 Å². The van der Waals surface area contributed by atoms with E-state index in [-0.39, 0.29) is 0 Å². The number of thiazole rings is 1. The number of benzene rings is 1. The summed E-state index contributed by atoms with van der Waals surface area (Å²) in [5.74, 6) is 1.85. The largest absolute Gasteiger partial charge is 0.456 e. The first kappa shape index (κ1) is 17.7. The number of rotatable bonds is 6. The first-order valence-corrected chi connectivity index (χ1v) is 8.33. The fraction of sp³-hybridized carbons (Fsp3) is 0.158. The van der Waals surface area contributed by atoms with E-state index in [4.69, 9.17) is 10.5 Å². The predicted octanol–water partition coefficient (Wildman–Crippen LogP) is 4.93. The van der Waals surface area contributed by atoms with Gasteiger partial charge in [0.2, 0.25) is 5.13 Å². The van der Waals surface area contributed by atoms with E-state index in [9.17, 15) is 0 Å². The maximum absolute atomic E-state index is 6.04. The molecule has 1 aromatic carbocycles. The van der Waals surface area contributed by atoms with Crippen LogP contribution >= 0.6 is 11.3 Å². The molecule has 2 aromatic rings. The van der Waals surface area contributed by atoms with Crippen molar-refractivity contribution >= 4 is 27.9 Å². The fourth-order valence-corrected chi connectivity index (χ4v) is 2.90. The molecule has 0 aliphatic heterocycles. The molecule has 2 N–H and O–H groups in total. The number of allylic oxidation sites excluding steroid dienone is 3. The van der Waals surface area contributed by atoms with E-state index in [0.717, 1.165) is 22.6 Å². The Morgan fingerprint density at radius 1 is 1.29 bits per heavy atom. The van der Waals surface area contributed by atoms with Crippen LogP contribution in [0.1, 0.15) is 23.7 Å². The molecule has 5 heteroatoms. The highest BCUT2D eigenvalue weighted by Crippen LogP contribution is 2.29. The van der Waals surface area contributed by atoms with Crippen LogP contribution in [0.3, 0.4) is 0 Å². The van der Waals surface area contributed by atoms with Gasteiger partial charge in [-0.1, -0.05) is 36.9 Å². The van der Waals surface area contributed by atoms with Crippen molar-refractivity contribution < 1.29 is 4.74 Å². The molecule has 0 radical (unpaired) electrons. The molecule has 0 atom stereocenters. The summed E-state index contributed by atoms with van der Waals surface area (Å²) in [6.45, 7) is 13.5. The molecule has 1 heterocycles. The van der Waals surface area contributed by atoms with Gasteiger partial charge in [-0.15, -0.1) is 11.3 Å². The van der Waals surface area contributed by atoms with Gasteiger partial charge in [0.15, 0.2) is 0 Å². The summed E-state index contributed by atoms with van der Waals surface area (Å²) in [6.07, 6.45) is 3.37. The van der Waals surface area contributed by atoms with Crippen molar-refractivity contribution in [3.8, 4) is 5.75 Å². The Bertz CT molecular complexity index is 827. The van der Waals surface area contributed by atoms with Crippen molar-refractivity contribution in [1.29, 1.82) is 0 Å². The zero-order valence-electron chi connectivity index (χ0n) is 14.2. The van der Waals surface area contributed by atoms with Crippen LogP contribution in [-0.4, -0.2) is 10.8 Å². The average Bonchev–Trinajstić information content (AvgIpc) is 2.96. The fourth-order valence-electron chi connectivity index (χ4n) is 2.16. The van der Waals surface area contributed by atoms with Crippen molar-refractivity contribution in [1.82, 2.24) is 4.98 Å². The summed E-state index contributed by atoms with van der Waals surface area (Å²) in [6, 6.07) is 6.03. The Labute approximate surface area is 146 Å². The number of hydrogen-bond acceptors (Lipinski definition) is 4. The van der Waals surface area contributed by atoms with Gasteiger partial charge in [-0.05, 0) is 38.5 Å². The molecule has 1 aromatic heterocycles. The van der Waals surface area contributed by atoms with Gasteiger partial charge in [0, 0.05) is 11.0 Å². The van der Waals surface area contributed by atoms with Gasteiger partial charge in [0.25, 0.3) is 0 Å². The molecule has 0 aliphatic carbocycles. The zero-order valence-corrected chi connectivity index (χ0v) is 15.0. The highest BCUT2D eigenvalue weighted by molar-refractivity contribution is 7.13. The topological polar surface area (TPSA) is 60.5 Å². The molecular formula is C19H21N3OS. The molecule has 0 aliphatic rings.